The van der Waals surface area contributed by atoms with Crippen molar-refractivity contribution in [2.24, 2.45) is 11.5 Å². The zero-order chi connectivity index (χ0) is 14.4. The van der Waals surface area contributed by atoms with Crippen LogP contribution >= 0.6 is 11.6 Å². The van der Waals surface area contributed by atoms with Crippen LogP contribution in [0.1, 0.15) is 12.0 Å². The maximum absolute atomic E-state index is 11.1. The first-order chi connectivity index (χ1) is 8.88. The number of hydrogen-bond donors (Lipinski definition) is 4. The van der Waals surface area contributed by atoms with Crippen LogP contribution in [-0.4, -0.2) is 29.2 Å². The highest BCUT2D eigenvalue weighted by Crippen LogP contribution is 2.12. The van der Waals surface area contributed by atoms with E-state index in [9.17, 15) is 9.59 Å². The summed E-state index contributed by atoms with van der Waals surface area (Å²) in [4.78, 5) is 21.6. The maximum Gasteiger partial charge on any atom is 0.405 e. The van der Waals surface area contributed by atoms with E-state index in [-0.39, 0.29) is 12.5 Å². The molecule has 6 nitrogen and oxygen atoms in total. The molecule has 2 atom stereocenters. The maximum atomic E-state index is 11.1. The van der Waals surface area contributed by atoms with Gasteiger partial charge >= 0.3 is 6.09 Å². The van der Waals surface area contributed by atoms with Gasteiger partial charge < -0.3 is 21.9 Å². The van der Waals surface area contributed by atoms with E-state index < -0.39 is 18.0 Å². The zero-order valence-electron chi connectivity index (χ0n) is 10.2. The number of rotatable bonds is 6. The van der Waals surface area contributed by atoms with Crippen molar-refractivity contribution in [3.05, 3.63) is 34.9 Å². The van der Waals surface area contributed by atoms with Gasteiger partial charge in [-0.15, -0.1) is 0 Å². The summed E-state index contributed by atoms with van der Waals surface area (Å²) in [5, 5.41) is 11.3. The molecule has 0 saturated heterocycles. The fraction of sp³-hybridized carbons (Fsp3) is 0.333. The fourth-order valence-electron chi connectivity index (χ4n) is 1.70. The van der Waals surface area contributed by atoms with Crippen molar-refractivity contribution in [3.63, 3.8) is 0 Å². The molecule has 0 radical (unpaired) electrons. The van der Waals surface area contributed by atoms with Crippen LogP contribution in [0.3, 0.4) is 0 Å². The first-order valence-electron chi connectivity index (χ1n) is 5.67. The molecule has 0 saturated carbocycles. The van der Waals surface area contributed by atoms with Gasteiger partial charge in [-0.05, 0) is 30.5 Å². The van der Waals surface area contributed by atoms with E-state index in [0.29, 0.717) is 11.4 Å². The van der Waals surface area contributed by atoms with Gasteiger partial charge in [0, 0.05) is 11.1 Å². The van der Waals surface area contributed by atoms with E-state index in [1.165, 1.54) is 0 Å². The Labute approximate surface area is 115 Å². The third-order valence-corrected chi connectivity index (χ3v) is 2.84. The number of carboxylic acid groups (broad SMARTS) is 1. The number of hydrogen-bond acceptors (Lipinski definition) is 3. The Morgan fingerprint density at radius 2 is 1.89 bits per heavy atom. The van der Waals surface area contributed by atoms with Gasteiger partial charge in [0.2, 0.25) is 5.91 Å². The van der Waals surface area contributed by atoms with E-state index in [4.69, 9.17) is 28.2 Å². The van der Waals surface area contributed by atoms with Crippen LogP contribution in [0.15, 0.2) is 24.3 Å². The summed E-state index contributed by atoms with van der Waals surface area (Å²) < 4.78 is 0. The van der Waals surface area contributed by atoms with Crippen molar-refractivity contribution in [1.29, 1.82) is 0 Å². The van der Waals surface area contributed by atoms with E-state index >= 15 is 0 Å². The number of carbonyl (C=O) groups excluding carboxylic acids is 1. The van der Waals surface area contributed by atoms with E-state index in [1.807, 2.05) is 17.4 Å². The molecule has 0 aliphatic heterocycles. The number of carbonyl (C=O) groups is 2. The number of nitrogens with one attached hydrogen (secondary N) is 1. The molecule has 2 amide bonds. The summed E-state index contributed by atoms with van der Waals surface area (Å²) in [7, 11) is 0. The van der Waals surface area contributed by atoms with Crippen LogP contribution in [0.5, 0.6) is 0 Å². The lowest BCUT2D eigenvalue weighted by Crippen LogP contribution is -2.47. The third-order valence-electron chi connectivity index (χ3n) is 2.59. The number of benzene rings is 1. The van der Waals surface area contributed by atoms with Gasteiger partial charge in [0.25, 0.3) is 0 Å². The predicted molar refractivity (Wildman–Crippen MR) is 71.9 cm³/mol. The van der Waals surface area contributed by atoms with Crippen molar-refractivity contribution in [2.75, 3.05) is 0 Å². The smallest absolute Gasteiger partial charge is 0.405 e. The standard InChI is InChI=1S/C12H16ClN3O3/c13-8-3-1-7(2-4-8)5-9(14)6-10(11(15)17)16-12(18)19/h1-4,9-10,16H,5-6,14H2,(H2,15,17)(H,18,19). The van der Waals surface area contributed by atoms with Crippen molar-refractivity contribution < 1.29 is 14.7 Å². The predicted octanol–water partition coefficient (Wildman–Crippen LogP) is 0.721. The first kappa shape index (κ1) is 15.3. The quantitative estimate of drug-likeness (QED) is 0.616. The summed E-state index contributed by atoms with van der Waals surface area (Å²) in [6.45, 7) is 0. The first-order valence-corrected chi connectivity index (χ1v) is 6.05. The minimum absolute atomic E-state index is 0.143. The molecule has 0 bridgehead atoms. The molecule has 2 unspecified atom stereocenters. The highest BCUT2D eigenvalue weighted by molar-refractivity contribution is 6.30. The van der Waals surface area contributed by atoms with Gasteiger partial charge in [-0.1, -0.05) is 23.7 Å². The van der Waals surface area contributed by atoms with Crippen LogP contribution in [-0.2, 0) is 11.2 Å². The van der Waals surface area contributed by atoms with Crippen LogP contribution in [0.25, 0.3) is 0 Å². The molecule has 0 aliphatic carbocycles. The molecule has 0 spiro atoms. The molecular weight excluding hydrogens is 270 g/mol. The van der Waals surface area contributed by atoms with Gasteiger partial charge in [0.1, 0.15) is 6.04 Å². The molecule has 1 aromatic rings. The average Bonchev–Trinajstić information content (AvgIpc) is 2.30. The van der Waals surface area contributed by atoms with Gasteiger partial charge in [-0.25, -0.2) is 4.79 Å². The Bertz CT molecular complexity index is 450. The summed E-state index contributed by atoms with van der Waals surface area (Å²) >= 11 is 5.76. The van der Waals surface area contributed by atoms with E-state index in [0.717, 1.165) is 5.56 Å². The number of primary amides is 1. The van der Waals surface area contributed by atoms with Crippen molar-refractivity contribution >= 4 is 23.6 Å². The van der Waals surface area contributed by atoms with Crippen LogP contribution in [0.2, 0.25) is 5.02 Å². The van der Waals surface area contributed by atoms with Gasteiger partial charge in [0.05, 0.1) is 0 Å². The van der Waals surface area contributed by atoms with Gasteiger partial charge in [-0.2, -0.15) is 0 Å². The van der Waals surface area contributed by atoms with Gasteiger partial charge in [-0.3, -0.25) is 4.79 Å². The average molecular weight is 286 g/mol. The summed E-state index contributed by atoms with van der Waals surface area (Å²) in [6, 6.07) is 5.76. The minimum atomic E-state index is -1.30. The highest BCUT2D eigenvalue weighted by atomic mass is 35.5. The SMILES string of the molecule is NC(=O)C(CC(N)Cc1ccc(Cl)cc1)NC(=O)O. The Kier molecular flexibility index (Phi) is 5.59. The van der Waals surface area contributed by atoms with Crippen LogP contribution in [0.4, 0.5) is 4.79 Å². The second-order valence-electron chi connectivity index (χ2n) is 4.23. The summed E-state index contributed by atoms with van der Waals surface area (Å²) in [5.41, 5.74) is 11.9. The molecule has 0 heterocycles. The Balaban J connectivity index is 2.57. The monoisotopic (exact) mass is 285 g/mol. The summed E-state index contributed by atoms with van der Waals surface area (Å²) in [6.07, 6.45) is -0.658. The molecule has 1 rings (SSSR count). The Morgan fingerprint density at radius 1 is 1.32 bits per heavy atom. The topological polar surface area (TPSA) is 118 Å². The molecule has 104 valence electrons. The van der Waals surface area contributed by atoms with Crippen LogP contribution < -0.4 is 16.8 Å². The lowest BCUT2D eigenvalue weighted by Gasteiger charge is -2.18. The third kappa shape index (κ3) is 5.58. The summed E-state index contributed by atoms with van der Waals surface area (Å²) in [5.74, 6) is -0.742. The largest absolute Gasteiger partial charge is 0.465 e. The van der Waals surface area contributed by atoms with Crippen molar-refractivity contribution in [3.8, 4) is 0 Å². The normalized spacial score (nSPS) is 13.6. The molecule has 0 fully saturated rings. The minimum Gasteiger partial charge on any atom is -0.465 e. The lowest BCUT2D eigenvalue weighted by molar-refractivity contribution is -0.120. The van der Waals surface area contributed by atoms with Crippen molar-refractivity contribution in [1.82, 2.24) is 5.32 Å². The molecule has 1 aromatic carbocycles. The molecule has 0 aliphatic rings. The van der Waals surface area contributed by atoms with Gasteiger partial charge in [0.15, 0.2) is 0 Å². The van der Waals surface area contributed by atoms with E-state index in [2.05, 4.69) is 0 Å². The fourth-order valence-corrected chi connectivity index (χ4v) is 1.83. The molecule has 7 heteroatoms. The number of amides is 2. The zero-order valence-corrected chi connectivity index (χ0v) is 10.9. The number of halogens is 1. The van der Waals surface area contributed by atoms with E-state index in [1.54, 1.807) is 12.1 Å². The second kappa shape index (κ2) is 6.96. The number of nitrogens with two attached hydrogens (primary N) is 2. The van der Waals surface area contributed by atoms with Crippen molar-refractivity contribution in [2.45, 2.75) is 24.9 Å². The Morgan fingerprint density at radius 3 is 2.37 bits per heavy atom. The highest BCUT2D eigenvalue weighted by Gasteiger charge is 2.20. The molecule has 19 heavy (non-hydrogen) atoms. The molecule has 6 N–H and O–H groups in total. The Hall–Kier alpha value is -1.79. The lowest BCUT2D eigenvalue weighted by atomic mass is 10.00. The van der Waals surface area contributed by atoms with Crippen LogP contribution in [0, 0.1) is 0 Å². The second-order valence-corrected chi connectivity index (χ2v) is 4.67. The molecule has 0 aromatic heterocycles. The molecular formula is C12H16ClN3O3.